The molecule has 0 aromatic carbocycles. The minimum atomic E-state index is 0.0703. The van der Waals surface area contributed by atoms with Crippen LogP contribution < -0.4 is 5.32 Å². The molecule has 3 heteroatoms. The highest BCUT2D eigenvalue weighted by atomic mass is 16.2. The molecular weight excluding hydrogens is 176 g/mol. The van der Waals surface area contributed by atoms with Crippen molar-refractivity contribution in [1.82, 2.24) is 10.2 Å². The topological polar surface area (TPSA) is 32.3 Å². The number of nitrogens with one attached hydrogen (secondary N) is 1. The Kier molecular flexibility index (Phi) is 4.39. The molecule has 0 radical (unpaired) electrons. The fourth-order valence-electron chi connectivity index (χ4n) is 2.25. The number of rotatable bonds is 5. The first-order valence-electron chi connectivity index (χ1n) is 5.72. The van der Waals surface area contributed by atoms with Gasteiger partial charge in [0.25, 0.3) is 0 Å². The second-order valence-corrected chi connectivity index (χ2v) is 4.01. The van der Waals surface area contributed by atoms with Crippen LogP contribution in [0.4, 0.5) is 0 Å². The Morgan fingerprint density at radius 3 is 2.71 bits per heavy atom. The van der Waals surface area contributed by atoms with Crippen LogP contribution in [-0.4, -0.2) is 36.5 Å². The van der Waals surface area contributed by atoms with Gasteiger partial charge in [0.2, 0.25) is 5.91 Å². The van der Waals surface area contributed by atoms with Gasteiger partial charge >= 0.3 is 0 Å². The summed E-state index contributed by atoms with van der Waals surface area (Å²) in [6, 6.07) is 0.534. The first-order chi connectivity index (χ1) is 6.74. The van der Waals surface area contributed by atoms with Crippen LogP contribution in [0.3, 0.4) is 0 Å². The van der Waals surface area contributed by atoms with Gasteiger partial charge in [-0.3, -0.25) is 4.79 Å². The summed E-state index contributed by atoms with van der Waals surface area (Å²) in [7, 11) is 1.87. The molecule has 2 atom stereocenters. The molecule has 1 amide bonds. The van der Waals surface area contributed by atoms with Crippen LogP contribution in [-0.2, 0) is 4.79 Å². The second kappa shape index (κ2) is 5.35. The van der Waals surface area contributed by atoms with E-state index in [4.69, 9.17) is 0 Å². The molecule has 3 nitrogen and oxygen atoms in total. The molecule has 0 aromatic rings. The van der Waals surface area contributed by atoms with E-state index >= 15 is 0 Å². The van der Waals surface area contributed by atoms with E-state index in [1.165, 1.54) is 0 Å². The first-order valence-corrected chi connectivity index (χ1v) is 5.72. The monoisotopic (exact) mass is 198 g/mol. The van der Waals surface area contributed by atoms with Crippen molar-refractivity contribution in [3.8, 4) is 0 Å². The molecule has 0 aliphatic carbocycles. The third kappa shape index (κ3) is 2.27. The van der Waals surface area contributed by atoms with Crippen LogP contribution in [0, 0.1) is 0 Å². The number of carbonyl (C=O) groups excluding carboxylic acids is 1. The molecule has 1 N–H and O–H groups in total. The molecule has 2 unspecified atom stereocenters. The van der Waals surface area contributed by atoms with Crippen molar-refractivity contribution in [2.75, 3.05) is 13.6 Å². The average Bonchev–Trinajstić information content (AvgIpc) is 2.56. The van der Waals surface area contributed by atoms with Crippen LogP contribution >= 0.6 is 0 Å². The van der Waals surface area contributed by atoms with E-state index in [9.17, 15) is 4.79 Å². The third-order valence-electron chi connectivity index (χ3n) is 3.12. The molecule has 1 aliphatic rings. The Balaban J connectivity index is 2.55. The van der Waals surface area contributed by atoms with Crippen molar-refractivity contribution < 1.29 is 4.79 Å². The van der Waals surface area contributed by atoms with Gasteiger partial charge in [0.1, 0.15) is 0 Å². The minimum Gasteiger partial charge on any atom is -0.338 e. The van der Waals surface area contributed by atoms with E-state index in [0.717, 1.165) is 32.2 Å². The molecule has 1 rings (SSSR count). The van der Waals surface area contributed by atoms with E-state index in [2.05, 4.69) is 24.1 Å². The van der Waals surface area contributed by atoms with Crippen molar-refractivity contribution in [1.29, 1.82) is 0 Å². The lowest BCUT2D eigenvalue weighted by Gasteiger charge is -2.26. The highest BCUT2D eigenvalue weighted by Gasteiger charge is 2.33. The number of likely N-dealkylation sites (N-methyl/N-ethyl adjacent to an activating group) is 1. The summed E-state index contributed by atoms with van der Waals surface area (Å²) in [4.78, 5) is 13.9. The van der Waals surface area contributed by atoms with Crippen molar-refractivity contribution >= 4 is 5.91 Å². The third-order valence-corrected chi connectivity index (χ3v) is 3.12. The highest BCUT2D eigenvalue weighted by molar-refractivity contribution is 5.84. The summed E-state index contributed by atoms with van der Waals surface area (Å²) in [5, 5.41) is 3.07. The lowest BCUT2D eigenvalue weighted by Crippen LogP contribution is -2.41. The lowest BCUT2D eigenvalue weighted by molar-refractivity contribution is -0.131. The standard InChI is InChI=1S/C11H22N2O/c1-4-6-9(5-2)13-8-7-10(12-3)11(13)14/h9-10,12H,4-8H2,1-3H3. The summed E-state index contributed by atoms with van der Waals surface area (Å²) in [6.45, 7) is 5.28. The zero-order chi connectivity index (χ0) is 10.6. The van der Waals surface area contributed by atoms with E-state index in [1.807, 2.05) is 7.05 Å². The SMILES string of the molecule is CCCC(CC)N1CCC(NC)C1=O. The largest absolute Gasteiger partial charge is 0.338 e. The summed E-state index contributed by atoms with van der Waals surface area (Å²) < 4.78 is 0. The molecule has 1 heterocycles. The maximum absolute atomic E-state index is 11.9. The van der Waals surface area contributed by atoms with E-state index in [0.29, 0.717) is 11.9 Å². The zero-order valence-electron chi connectivity index (χ0n) is 9.55. The van der Waals surface area contributed by atoms with Crippen LogP contribution in [0.25, 0.3) is 0 Å². The van der Waals surface area contributed by atoms with Gasteiger partial charge in [-0.2, -0.15) is 0 Å². The van der Waals surface area contributed by atoms with Gasteiger partial charge in [-0.15, -0.1) is 0 Å². The molecule has 0 aromatic heterocycles. The number of hydrogen-bond acceptors (Lipinski definition) is 2. The predicted octanol–water partition coefficient (Wildman–Crippen LogP) is 1.39. The van der Waals surface area contributed by atoms with E-state index in [-0.39, 0.29) is 6.04 Å². The van der Waals surface area contributed by atoms with Crippen molar-refractivity contribution in [3.63, 3.8) is 0 Å². The fourth-order valence-corrected chi connectivity index (χ4v) is 2.25. The van der Waals surface area contributed by atoms with Gasteiger partial charge < -0.3 is 10.2 Å². The maximum Gasteiger partial charge on any atom is 0.240 e. The average molecular weight is 198 g/mol. The number of amides is 1. The minimum absolute atomic E-state index is 0.0703. The van der Waals surface area contributed by atoms with E-state index in [1.54, 1.807) is 0 Å². The number of carbonyl (C=O) groups is 1. The van der Waals surface area contributed by atoms with Crippen LogP contribution in [0.15, 0.2) is 0 Å². The van der Waals surface area contributed by atoms with Crippen LogP contribution in [0.5, 0.6) is 0 Å². The molecular formula is C11H22N2O. The summed E-state index contributed by atoms with van der Waals surface area (Å²) >= 11 is 0. The van der Waals surface area contributed by atoms with Crippen LogP contribution in [0.1, 0.15) is 39.5 Å². The quantitative estimate of drug-likeness (QED) is 0.724. The van der Waals surface area contributed by atoms with Gasteiger partial charge in [-0.1, -0.05) is 20.3 Å². The van der Waals surface area contributed by atoms with Crippen molar-refractivity contribution in [2.45, 2.75) is 51.6 Å². The van der Waals surface area contributed by atoms with Gasteiger partial charge in [-0.05, 0) is 26.3 Å². The van der Waals surface area contributed by atoms with Crippen LogP contribution in [0.2, 0.25) is 0 Å². The fraction of sp³-hybridized carbons (Fsp3) is 0.909. The van der Waals surface area contributed by atoms with Gasteiger partial charge in [0, 0.05) is 12.6 Å². The van der Waals surface area contributed by atoms with Crippen molar-refractivity contribution in [2.24, 2.45) is 0 Å². The Morgan fingerprint density at radius 2 is 2.29 bits per heavy atom. The smallest absolute Gasteiger partial charge is 0.240 e. The lowest BCUT2D eigenvalue weighted by atomic mass is 10.1. The highest BCUT2D eigenvalue weighted by Crippen LogP contribution is 2.19. The molecule has 82 valence electrons. The normalized spacial score (nSPS) is 24.4. The Hall–Kier alpha value is -0.570. The summed E-state index contributed by atoms with van der Waals surface area (Å²) in [5.41, 5.74) is 0. The molecule has 0 bridgehead atoms. The molecule has 0 spiro atoms. The van der Waals surface area contributed by atoms with Gasteiger partial charge in [0.15, 0.2) is 0 Å². The van der Waals surface area contributed by atoms with E-state index < -0.39 is 0 Å². The molecule has 1 fully saturated rings. The Morgan fingerprint density at radius 1 is 1.57 bits per heavy atom. The second-order valence-electron chi connectivity index (χ2n) is 4.01. The van der Waals surface area contributed by atoms with Gasteiger partial charge in [-0.25, -0.2) is 0 Å². The molecule has 0 saturated carbocycles. The summed E-state index contributed by atoms with van der Waals surface area (Å²) in [6.07, 6.45) is 4.34. The zero-order valence-corrected chi connectivity index (χ0v) is 9.55. The van der Waals surface area contributed by atoms with Crippen molar-refractivity contribution in [3.05, 3.63) is 0 Å². The first kappa shape index (κ1) is 11.5. The maximum atomic E-state index is 11.9. The Labute approximate surface area is 86.9 Å². The molecule has 1 aliphatic heterocycles. The number of nitrogens with zero attached hydrogens (tertiary/aromatic N) is 1. The number of likely N-dealkylation sites (tertiary alicyclic amines) is 1. The molecule has 14 heavy (non-hydrogen) atoms. The number of hydrogen-bond donors (Lipinski definition) is 1. The predicted molar refractivity (Wildman–Crippen MR) is 58.2 cm³/mol. The molecule has 1 saturated heterocycles. The Bertz CT molecular complexity index is 194. The van der Waals surface area contributed by atoms with Gasteiger partial charge in [0.05, 0.1) is 6.04 Å². The summed E-state index contributed by atoms with van der Waals surface area (Å²) in [5.74, 6) is 0.299.